The number of rotatable bonds is 4. The van der Waals surface area contributed by atoms with Crippen LogP contribution in [0.3, 0.4) is 0 Å². The molecule has 0 radical (unpaired) electrons. The van der Waals surface area contributed by atoms with Crippen LogP contribution in [0, 0.1) is 0 Å². The lowest BCUT2D eigenvalue weighted by molar-refractivity contribution is -0.915. The number of ether oxygens (including phenoxy) is 1. The number of nitrogens with zero attached hydrogens (tertiary/aromatic N) is 1. The minimum atomic E-state index is -0.175. The van der Waals surface area contributed by atoms with Gasteiger partial charge < -0.3 is 4.74 Å². The van der Waals surface area contributed by atoms with Crippen molar-refractivity contribution in [3.8, 4) is 0 Å². The summed E-state index contributed by atoms with van der Waals surface area (Å²) in [6.45, 7) is 0.649. The fourth-order valence-electron chi connectivity index (χ4n) is 0.595. The van der Waals surface area contributed by atoms with E-state index in [9.17, 15) is 4.79 Å². The molecule has 5 heteroatoms. The smallest absolute Gasteiger partial charge is 0.307 e. The first kappa shape index (κ1) is 14.6. The van der Waals surface area contributed by atoms with Crippen molar-refractivity contribution < 1.29 is 14.1 Å². The van der Waals surface area contributed by atoms with Crippen molar-refractivity contribution in [3.05, 3.63) is 0 Å². The molecule has 0 aliphatic rings. The van der Waals surface area contributed by atoms with Gasteiger partial charge in [-0.3, -0.25) is 9.39 Å². The van der Waals surface area contributed by atoms with Crippen LogP contribution in [0.5, 0.6) is 0 Å². The zero-order chi connectivity index (χ0) is 8.91. The Morgan fingerprint density at radius 1 is 1.42 bits per heavy atom. The highest BCUT2D eigenvalue weighted by atomic mass is 127. The number of carbonyl (C=O) groups excluding carboxylic acids is 1. The Labute approximate surface area is 90.8 Å². The summed E-state index contributed by atoms with van der Waals surface area (Å²) in [5.41, 5.74) is 3.12. The number of quaternary nitrogens is 1. The van der Waals surface area contributed by atoms with E-state index in [2.05, 4.69) is 10.2 Å². The van der Waals surface area contributed by atoms with Crippen molar-refractivity contribution in [3.63, 3.8) is 0 Å². The van der Waals surface area contributed by atoms with Crippen LogP contribution in [0.25, 0.3) is 0 Å². The van der Waals surface area contributed by atoms with E-state index in [0.717, 1.165) is 0 Å². The van der Waals surface area contributed by atoms with Gasteiger partial charge in [-0.1, -0.05) is 0 Å². The fraction of sp³-hybridized carbons (Fsp3) is 0.857. The Hall–Kier alpha value is 0.120. The first-order valence-electron chi connectivity index (χ1n) is 3.59. The first-order valence-corrected chi connectivity index (χ1v) is 3.59. The molecule has 0 heterocycles. The molecule has 0 atom stereocenters. The second-order valence-electron chi connectivity index (χ2n) is 3.25. The quantitative estimate of drug-likeness (QED) is 0.352. The van der Waals surface area contributed by atoms with Gasteiger partial charge in [0.1, 0.15) is 0 Å². The van der Waals surface area contributed by atoms with Crippen LogP contribution in [-0.2, 0) is 9.53 Å². The third-order valence-corrected chi connectivity index (χ3v) is 1.14. The maximum atomic E-state index is 10.6. The van der Waals surface area contributed by atoms with Gasteiger partial charge in [0, 0.05) is 0 Å². The van der Waals surface area contributed by atoms with E-state index in [1.807, 2.05) is 21.1 Å². The summed E-state index contributed by atoms with van der Waals surface area (Å²) in [4.78, 5) is 10.6. The molecule has 0 unspecified atom stereocenters. The average molecular weight is 289 g/mol. The van der Waals surface area contributed by atoms with Gasteiger partial charge in [-0.15, -0.1) is 24.0 Å². The molecule has 0 rings (SSSR count). The van der Waals surface area contributed by atoms with Crippen LogP contribution in [0.4, 0.5) is 0 Å². The minimum Gasteiger partial charge on any atom is -0.469 e. The number of methoxy groups -OCH3 is 1. The Bertz CT molecular complexity index is 134. The van der Waals surface area contributed by atoms with E-state index >= 15 is 0 Å². The van der Waals surface area contributed by atoms with Crippen LogP contribution in [-0.4, -0.2) is 45.4 Å². The third-order valence-electron chi connectivity index (χ3n) is 1.14. The van der Waals surface area contributed by atoms with Crippen molar-refractivity contribution in [2.45, 2.75) is 6.42 Å². The van der Waals surface area contributed by atoms with Crippen LogP contribution < -0.4 is 5.43 Å². The zero-order valence-corrected chi connectivity index (χ0v) is 10.4. The molecule has 0 spiro atoms. The lowest BCUT2D eigenvalue weighted by Gasteiger charge is -2.23. The van der Waals surface area contributed by atoms with Gasteiger partial charge >= 0.3 is 5.97 Å². The normalized spacial score (nSPS) is 10.3. The van der Waals surface area contributed by atoms with Crippen LogP contribution in [0.1, 0.15) is 6.42 Å². The highest BCUT2D eigenvalue weighted by Crippen LogP contribution is 1.85. The second kappa shape index (κ2) is 6.62. The molecule has 0 aromatic heterocycles. The zero-order valence-electron chi connectivity index (χ0n) is 8.09. The van der Waals surface area contributed by atoms with Crippen molar-refractivity contribution in [1.82, 2.24) is 5.43 Å². The third kappa shape index (κ3) is 10.1. The first-order chi connectivity index (χ1) is 4.95. The summed E-state index contributed by atoms with van der Waals surface area (Å²) in [6, 6.07) is 0. The average Bonchev–Trinajstić information content (AvgIpc) is 1.85. The summed E-state index contributed by atoms with van der Waals surface area (Å²) in [5.74, 6) is -0.175. The maximum Gasteiger partial charge on any atom is 0.307 e. The maximum absolute atomic E-state index is 10.6. The number of carbonyl (C=O) groups is 1. The van der Waals surface area contributed by atoms with Crippen LogP contribution in [0.2, 0.25) is 0 Å². The minimum absolute atomic E-state index is 0. The molecule has 74 valence electrons. The topological polar surface area (TPSA) is 38.3 Å². The molecule has 4 nitrogen and oxygen atoms in total. The van der Waals surface area contributed by atoms with Crippen molar-refractivity contribution in [2.24, 2.45) is 0 Å². The van der Waals surface area contributed by atoms with E-state index in [0.29, 0.717) is 17.6 Å². The molecule has 0 saturated carbocycles. The van der Waals surface area contributed by atoms with Crippen molar-refractivity contribution in [2.75, 3.05) is 34.8 Å². The Kier molecular flexibility index (Phi) is 8.07. The molecular weight excluding hydrogens is 271 g/mol. The summed E-state index contributed by atoms with van der Waals surface area (Å²) >= 11 is 0. The molecule has 0 aromatic carbocycles. The predicted molar refractivity (Wildman–Crippen MR) is 58.1 cm³/mol. The number of hydrogen-bond acceptors (Lipinski definition) is 3. The molecule has 0 aromatic rings. The number of nitrogens with one attached hydrogen (secondary N) is 1. The number of hydrogen-bond donors (Lipinski definition) is 1. The highest BCUT2D eigenvalue weighted by molar-refractivity contribution is 14.0. The van der Waals surface area contributed by atoms with Gasteiger partial charge in [-0.2, -0.15) is 5.43 Å². The largest absolute Gasteiger partial charge is 0.469 e. The van der Waals surface area contributed by atoms with Gasteiger partial charge in [-0.25, -0.2) is 0 Å². The second-order valence-corrected chi connectivity index (χ2v) is 3.25. The molecule has 0 bridgehead atoms. The van der Waals surface area contributed by atoms with Gasteiger partial charge in [0.05, 0.1) is 41.2 Å². The molecule has 0 aliphatic carbocycles. The van der Waals surface area contributed by atoms with Crippen molar-refractivity contribution in [1.29, 1.82) is 0 Å². The monoisotopic (exact) mass is 289 g/mol. The van der Waals surface area contributed by atoms with E-state index in [1.165, 1.54) is 7.11 Å². The van der Waals surface area contributed by atoms with E-state index in [-0.39, 0.29) is 29.9 Å². The van der Waals surface area contributed by atoms with Crippen molar-refractivity contribution >= 4 is 29.9 Å². The molecular formula is C7H18IN2O2+. The Balaban J connectivity index is 0. The Morgan fingerprint density at radius 3 is 2.25 bits per heavy atom. The summed E-state index contributed by atoms with van der Waals surface area (Å²) in [7, 11) is 7.39. The van der Waals surface area contributed by atoms with E-state index in [4.69, 9.17) is 0 Å². The molecule has 0 fully saturated rings. The molecule has 0 aliphatic heterocycles. The van der Waals surface area contributed by atoms with Crippen LogP contribution in [0.15, 0.2) is 0 Å². The predicted octanol–water partition coefficient (Wildman–Crippen LogP) is 0.378. The molecule has 1 N–H and O–H groups in total. The summed E-state index contributed by atoms with van der Waals surface area (Å²) in [6.07, 6.45) is 0.423. The van der Waals surface area contributed by atoms with Crippen LogP contribution >= 0.6 is 24.0 Å². The van der Waals surface area contributed by atoms with Gasteiger partial charge in [0.15, 0.2) is 0 Å². The SMILES string of the molecule is COC(=O)CCN[N+](C)(C)C.I. The number of esters is 1. The summed E-state index contributed by atoms with van der Waals surface area (Å²) < 4.78 is 5.13. The standard InChI is InChI=1S/C7H17N2O2.HI/c1-9(2,3)8-6-5-7(10)11-4;/h8H,5-6H2,1-4H3;1H/q+1;. The van der Waals surface area contributed by atoms with E-state index < -0.39 is 0 Å². The highest BCUT2D eigenvalue weighted by Gasteiger charge is 2.07. The van der Waals surface area contributed by atoms with Gasteiger partial charge in [-0.05, 0) is 0 Å². The Morgan fingerprint density at radius 2 is 1.92 bits per heavy atom. The molecule has 0 saturated heterocycles. The lowest BCUT2D eigenvalue weighted by atomic mass is 10.4. The fourth-order valence-corrected chi connectivity index (χ4v) is 0.595. The number of halogens is 1. The molecule has 12 heavy (non-hydrogen) atoms. The van der Waals surface area contributed by atoms with Gasteiger partial charge in [0.2, 0.25) is 0 Å². The lowest BCUT2D eigenvalue weighted by Crippen LogP contribution is -2.48. The van der Waals surface area contributed by atoms with Gasteiger partial charge in [0.25, 0.3) is 0 Å². The van der Waals surface area contributed by atoms with E-state index in [1.54, 1.807) is 0 Å². The molecule has 0 amide bonds. The summed E-state index contributed by atoms with van der Waals surface area (Å²) in [5, 5.41) is 0.